The van der Waals surface area contributed by atoms with Gasteiger partial charge in [-0.25, -0.2) is 4.98 Å². The van der Waals surface area contributed by atoms with Crippen LogP contribution in [0.1, 0.15) is 24.2 Å². The minimum atomic E-state index is -0.00902. The van der Waals surface area contributed by atoms with Crippen LogP contribution in [0.4, 0.5) is 5.13 Å². The molecule has 0 atom stereocenters. The van der Waals surface area contributed by atoms with E-state index in [0.29, 0.717) is 18.0 Å². The molecule has 1 heterocycles. The molecule has 0 fully saturated rings. The Morgan fingerprint density at radius 3 is 2.52 bits per heavy atom. The number of hydrogen-bond donors (Lipinski definition) is 0. The van der Waals surface area contributed by atoms with Gasteiger partial charge in [-0.15, -0.1) is 0 Å². The van der Waals surface area contributed by atoms with E-state index in [1.54, 1.807) is 16.2 Å². The average molecular weight is 389 g/mol. The Kier molecular flexibility index (Phi) is 4.78. The van der Waals surface area contributed by atoms with Gasteiger partial charge in [-0.05, 0) is 42.3 Å². The maximum atomic E-state index is 12.9. The van der Waals surface area contributed by atoms with Crippen molar-refractivity contribution in [1.29, 1.82) is 0 Å². The number of fused-ring (bicyclic) bond motifs is 1. The molecule has 0 saturated heterocycles. The highest BCUT2D eigenvalue weighted by Gasteiger charge is 2.22. The van der Waals surface area contributed by atoms with Crippen LogP contribution in [0, 0.1) is 5.92 Å². The molecule has 2 aromatic carbocycles. The van der Waals surface area contributed by atoms with Crippen LogP contribution in [0.15, 0.2) is 53.0 Å². The number of amides is 1. The van der Waals surface area contributed by atoms with Crippen LogP contribution in [0.3, 0.4) is 0 Å². The van der Waals surface area contributed by atoms with E-state index < -0.39 is 0 Å². The Morgan fingerprint density at radius 1 is 1.17 bits per heavy atom. The van der Waals surface area contributed by atoms with Crippen LogP contribution < -0.4 is 4.90 Å². The monoisotopic (exact) mass is 388 g/mol. The van der Waals surface area contributed by atoms with Crippen LogP contribution in [0.5, 0.6) is 0 Å². The Bertz CT molecular complexity index is 793. The van der Waals surface area contributed by atoms with E-state index in [1.807, 2.05) is 48.5 Å². The highest BCUT2D eigenvalue weighted by Crippen LogP contribution is 2.30. The molecule has 0 spiro atoms. The molecule has 0 aliphatic heterocycles. The summed E-state index contributed by atoms with van der Waals surface area (Å²) in [5, 5.41) is 0.757. The zero-order valence-corrected chi connectivity index (χ0v) is 15.4. The van der Waals surface area contributed by atoms with E-state index in [4.69, 9.17) is 0 Å². The topological polar surface area (TPSA) is 33.2 Å². The normalized spacial score (nSPS) is 11.1. The van der Waals surface area contributed by atoms with E-state index >= 15 is 0 Å². The molecular weight excluding hydrogens is 372 g/mol. The quantitative estimate of drug-likeness (QED) is 0.602. The van der Waals surface area contributed by atoms with Gasteiger partial charge < -0.3 is 0 Å². The van der Waals surface area contributed by atoms with Crippen molar-refractivity contribution in [1.82, 2.24) is 4.98 Å². The number of benzene rings is 2. The summed E-state index contributed by atoms with van der Waals surface area (Å²) in [5.74, 6) is 0.353. The summed E-state index contributed by atoms with van der Waals surface area (Å²) in [5.41, 5.74) is 1.61. The lowest BCUT2D eigenvalue weighted by molar-refractivity contribution is 0.0984. The second kappa shape index (κ2) is 6.81. The van der Waals surface area contributed by atoms with Gasteiger partial charge in [0, 0.05) is 16.6 Å². The molecule has 0 unspecified atom stereocenters. The van der Waals surface area contributed by atoms with Gasteiger partial charge in [-0.2, -0.15) is 0 Å². The van der Waals surface area contributed by atoms with Gasteiger partial charge in [0.2, 0.25) is 0 Å². The molecule has 0 N–H and O–H groups in total. The number of halogens is 1. The van der Waals surface area contributed by atoms with Crippen molar-refractivity contribution in [2.45, 2.75) is 13.8 Å². The van der Waals surface area contributed by atoms with Crippen molar-refractivity contribution >= 4 is 48.5 Å². The van der Waals surface area contributed by atoms with Crippen LogP contribution >= 0.6 is 27.3 Å². The molecule has 5 heteroatoms. The highest BCUT2D eigenvalue weighted by molar-refractivity contribution is 9.10. The van der Waals surface area contributed by atoms with Crippen molar-refractivity contribution in [3.63, 3.8) is 0 Å². The molecule has 0 bridgehead atoms. The minimum Gasteiger partial charge on any atom is -0.284 e. The molecule has 0 saturated carbocycles. The van der Waals surface area contributed by atoms with E-state index in [9.17, 15) is 4.79 Å². The number of carbonyl (C=O) groups excluding carboxylic acids is 1. The van der Waals surface area contributed by atoms with Gasteiger partial charge in [-0.3, -0.25) is 9.69 Å². The van der Waals surface area contributed by atoms with Gasteiger partial charge in [0.1, 0.15) is 0 Å². The fraction of sp³-hybridized carbons (Fsp3) is 0.222. The molecular formula is C18H17BrN2OS. The molecule has 3 nitrogen and oxygen atoms in total. The summed E-state index contributed by atoms with van der Waals surface area (Å²) in [6.07, 6.45) is 0. The molecule has 23 heavy (non-hydrogen) atoms. The number of anilines is 1. The van der Waals surface area contributed by atoms with E-state index in [-0.39, 0.29) is 5.91 Å². The predicted octanol–water partition coefficient (Wildman–Crippen LogP) is 5.36. The lowest BCUT2D eigenvalue weighted by Gasteiger charge is -2.22. The minimum absolute atomic E-state index is 0.00902. The first-order chi connectivity index (χ1) is 11.0. The van der Waals surface area contributed by atoms with Crippen molar-refractivity contribution in [2.24, 2.45) is 5.92 Å². The third kappa shape index (κ3) is 3.62. The maximum Gasteiger partial charge on any atom is 0.260 e. The van der Waals surface area contributed by atoms with Gasteiger partial charge in [0.05, 0.1) is 10.2 Å². The first-order valence-corrected chi connectivity index (χ1v) is 9.08. The molecule has 1 aromatic heterocycles. The fourth-order valence-electron chi connectivity index (χ4n) is 2.34. The van der Waals surface area contributed by atoms with Crippen LogP contribution in [0.2, 0.25) is 0 Å². The summed E-state index contributed by atoms with van der Waals surface area (Å²) >= 11 is 4.96. The maximum absolute atomic E-state index is 12.9. The third-order valence-electron chi connectivity index (χ3n) is 3.40. The number of aromatic nitrogens is 1. The summed E-state index contributed by atoms with van der Waals surface area (Å²) in [7, 11) is 0. The number of rotatable bonds is 4. The largest absolute Gasteiger partial charge is 0.284 e. The Balaban J connectivity index is 1.99. The smallest absolute Gasteiger partial charge is 0.260 e. The first kappa shape index (κ1) is 16.1. The van der Waals surface area contributed by atoms with Crippen LogP contribution in [-0.2, 0) is 0 Å². The van der Waals surface area contributed by atoms with Crippen molar-refractivity contribution in [2.75, 3.05) is 11.4 Å². The van der Waals surface area contributed by atoms with Gasteiger partial charge in [-0.1, -0.05) is 53.2 Å². The molecule has 3 aromatic rings. The summed E-state index contributed by atoms with van der Waals surface area (Å²) < 4.78 is 2.06. The number of thiazole rings is 1. The summed E-state index contributed by atoms with van der Waals surface area (Å²) in [4.78, 5) is 19.4. The molecule has 0 aliphatic rings. The van der Waals surface area contributed by atoms with E-state index in [0.717, 1.165) is 19.8 Å². The molecule has 0 aliphatic carbocycles. The van der Waals surface area contributed by atoms with Crippen LogP contribution in [-0.4, -0.2) is 17.4 Å². The zero-order chi connectivity index (χ0) is 16.4. The van der Waals surface area contributed by atoms with Gasteiger partial charge in [0.25, 0.3) is 5.91 Å². The lowest BCUT2D eigenvalue weighted by Crippen LogP contribution is -2.34. The lowest BCUT2D eigenvalue weighted by atomic mass is 10.1. The number of nitrogens with zero attached hydrogens (tertiary/aromatic N) is 2. The fourth-order valence-corrected chi connectivity index (χ4v) is 3.57. The summed E-state index contributed by atoms with van der Waals surface area (Å²) in [6, 6.07) is 15.4. The first-order valence-electron chi connectivity index (χ1n) is 7.47. The van der Waals surface area contributed by atoms with Gasteiger partial charge >= 0.3 is 0 Å². The number of hydrogen-bond acceptors (Lipinski definition) is 3. The highest BCUT2D eigenvalue weighted by atomic mass is 79.9. The molecule has 0 radical (unpaired) electrons. The molecule has 118 valence electrons. The predicted molar refractivity (Wildman–Crippen MR) is 100 cm³/mol. The Labute approximate surface area is 148 Å². The average Bonchev–Trinajstić information content (AvgIpc) is 2.96. The third-order valence-corrected chi connectivity index (χ3v) is 4.99. The van der Waals surface area contributed by atoms with Crippen molar-refractivity contribution in [3.05, 3.63) is 58.6 Å². The number of para-hydroxylation sites is 1. The Morgan fingerprint density at radius 2 is 1.87 bits per heavy atom. The second-order valence-corrected chi connectivity index (χ2v) is 7.71. The number of carbonyl (C=O) groups is 1. The van der Waals surface area contributed by atoms with Crippen molar-refractivity contribution in [3.8, 4) is 0 Å². The van der Waals surface area contributed by atoms with Crippen LogP contribution in [0.25, 0.3) is 10.2 Å². The molecule has 1 amide bonds. The SMILES string of the molecule is CC(C)CN(C(=O)c1ccc(Br)cc1)c1nc2ccccc2s1. The second-order valence-electron chi connectivity index (χ2n) is 5.78. The Hall–Kier alpha value is -1.72. The van der Waals surface area contributed by atoms with E-state index in [2.05, 4.69) is 34.8 Å². The van der Waals surface area contributed by atoms with E-state index in [1.165, 1.54) is 0 Å². The standard InChI is InChI=1S/C18H17BrN2OS/c1-12(2)11-21(17(22)13-7-9-14(19)10-8-13)18-20-15-5-3-4-6-16(15)23-18/h3-10,12H,11H2,1-2H3. The van der Waals surface area contributed by atoms with Gasteiger partial charge in [0.15, 0.2) is 5.13 Å². The van der Waals surface area contributed by atoms with Crippen molar-refractivity contribution < 1.29 is 4.79 Å². The molecule has 3 rings (SSSR count). The zero-order valence-electron chi connectivity index (χ0n) is 13.0. The summed E-state index contributed by atoms with van der Waals surface area (Å²) in [6.45, 7) is 4.86.